The standard InChI is InChI=1S/C19H18N4O5S/c1-2-14(23(25)19(20)24)18-22-16(12-8-4-3-5-9-12)17(28-18)13-10-6-7-11-15(13)29(21,26)27/h2-11,14,25H,1H2,(H2,20,24)(H2,21,26,27). The predicted molar refractivity (Wildman–Crippen MR) is 105 cm³/mol. The van der Waals surface area contributed by atoms with E-state index < -0.39 is 22.1 Å². The van der Waals surface area contributed by atoms with Gasteiger partial charge in [0, 0.05) is 11.1 Å². The molecule has 0 aliphatic rings. The number of carbonyl (C=O) groups excluding carboxylic acids is 1. The quantitative estimate of drug-likeness (QED) is 0.320. The number of primary sulfonamides is 1. The van der Waals surface area contributed by atoms with E-state index in [1.54, 1.807) is 36.4 Å². The Bertz CT molecular complexity index is 1160. The van der Waals surface area contributed by atoms with Crippen LogP contribution in [0.3, 0.4) is 0 Å². The average Bonchev–Trinajstić information content (AvgIpc) is 3.13. The van der Waals surface area contributed by atoms with Gasteiger partial charge in [0.1, 0.15) is 5.69 Å². The fourth-order valence-electron chi connectivity index (χ4n) is 2.78. The topological polar surface area (TPSA) is 153 Å². The second-order valence-electron chi connectivity index (χ2n) is 6.00. The van der Waals surface area contributed by atoms with Crippen LogP contribution in [0.25, 0.3) is 22.6 Å². The third kappa shape index (κ3) is 4.04. The summed E-state index contributed by atoms with van der Waals surface area (Å²) in [5, 5.41) is 15.5. The zero-order valence-electron chi connectivity index (χ0n) is 15.1. The molecule has 0 saturated heterocycles. The third-order valence-corrected chi connectivity index (χ3v) is 5.06. The van der Waals surface area contributed by atoms with E-state index in [-0.39, 0.29) is 27.2 Å². The molecule has 0 saturated carbocycles. The molecule has 0 bridgehead atoms. The Morgan fingerprint density at radius 1 is 1.17 bits per heavy atom. The van der Waals surface area contributed by atoms with E-state index in [4.69, 9.17) is 15.3 Å². The largest absolute Gasteiger partial charge is 0.437 e. The lowest BCUT2D eigenvalue weighted by atomic mass is 10.1. The van der Waals surface area contributed by atoms with Crippen molar-refractivity contribution < 1.29 is 22.8 Å². The van der Waals surface area contributed by atoms with Crippen LogP contribution in [0.4, 0.5) is 4.79 Å². The lowest BCUT2D eigenvalue weighted by molar-refractivity contribution is -0.0683. The molecule has 0 spiro atoms. The van der Waals surface area contributed by atoms with Gasteiger partial charge >= 0.3 is 6.03 Å². The minimum Gasteiger partial charge on any atom is -0.437 e. The molecular weight excluding hydrogens is 396 g/mol. The van der Waals surface area contributed by atoms with Crippen LogP contribution in [0.5, 0.6) is 0 Å². The first-order chi connectivity index (χ1) is 13.7. The molecule has 1 atom stereocenters. The number of hydrogen-bond acceptors (Lipinski definition) is 6. The van der Waals surface area contributed by atoms with Crippen molar-refractivity contribution in [2.75, 3.05) is 0 Å². The maximum atomic E-state index is 12.1. The summed E-state index contributed by atoms with van der Waals surface area (Å²) in [5.74, 6) is -0.0140. The summed E-state index contributed by atoms with van der Waals surface area (Å²) in [5.41, 5.74) is 6.21. The third-order valence-electron chi connectivity index (χ3n) is 4.09. The van der Waals surface area contributed by atoms with Crippen LogP contribution in [0.15, 0.2) is 76.6 Å². The zero-order chi connectivity index (χ0) is 21.2. The number of sulfonamides is 1. The van der Waals surface area contributed by atoms with Crippen LogP contribution in [0.1, 0.15) is 11.9 Å². The van der Waals surface area contributed by atoms with E-state index in [2.05, 4.69) is 11.6 Å². The number of amides is 2. The highest BCUT2D eigenvalue weighted by Gasteiger charge is 2.29. The van der Waals surface area contributed by atoms with Gasteiger partial charge in [-0.05, 0) is 12.1 Å². The van der Waals surface area contributed by atoms with Crippen LogP contribution in [0.2, 0.25) is 0 Å². The first-order valence-electron chi connectivity index (χ1n) is 8.32. The average molecular weight is 414 g/mol. The molecule has 0 fully saturated rings. The van der Waals surface area contributed by atoms with E-state index in [0.717, 1.165) is 0 Å². The minimum atomic E-state index is -4.07. The number of aromatic nitrogens is 1. The Balaban J connectivity index is 2.29. The molecule has 2 aromatic carbocycles. The van der Waals surface area contributed by atoms with Crippen molar-refractivity contribution >= 4 is 16.1 Å². The molecule has 0 radical (unpaired) electrons. The van der Waals surface area contributed by atoms with Crippen molar-refractivity contribution in [1.29, 1.82) is 0 Å². The highest BCUT2D eigenvalue weighted by Crippen LogP contribution is 2.38. The highest BCUT2D eigenvalue weighted by molar-refractivity contribution is 7.89. The van der Waals surface area contributed by atoms with Gasteiger partial charge in [-0.25, -0.2) is 23.3 Å². The molecule has 0 aliphatic heterocycles. The zero-order valence-corrected chi connectivity index (χ0v) is 15.9. The van der Waals surface area contributed by atoms with E-state index in [1.807, 2.05) is 0 Å². The molecule has 1 unspecified atom stereocenters. The lowest BCUT2D eigenvalue weighted by Crippen LogP contribution is -2.35. The molecule has 1 aromatic heterocycles. The maximum Gasteiger partial charge on any atom is 0.339 e. The Morgan fingerprint density at radius 3 is 2.38 bits per heavy atom. The van der Waals surface area contributed by atoms with Gasteiger partial charge in [0.25, 0.3) is 0 Å². The Kier molecular flexibility index (Phi) is 5.50. The number of rotatable bonds is 6. The molecule has 2 amide bonds. The van der Waals surface area contributed by atoms with Crippen molar-refractivity contribution in [2.45, 2.75) is 10.9 Å². The normalized spacial score (nSPS) is 12.3. The van der Waals surface area contributed by atoms with Gasteiger partial charge in [0.05, 0.1) is 4.90 Å². The molecular formula is C19H18N4O5S. The van der Waals surface area contributed by atoms with Crippen molar-refractivity contribution in [1.82, 2.24) is 10.0 Å². The summed E-state index contributed by atoms with van der Waals surface area (Å²) >= 11 is 0. The summed E-state index contributed by atoms with van der Waals surface area (Å²) in [7, 11) is -4.07. The van der Waals surface area contributed by atoms with Crippen LogP contribution in [-0.2, 0) is 10.0 Å². The Morgan fingerprint density at radius 2 is 1.79 bits per heavy atom. The molecule has 5 N–H and O–H groups in total. The number of nitrogens with two attached hydrogens (primary N) is 2. The first kappa shape index (κ1) is 20.3. The van der Waals surface area contributed by atoms with E-state index in [9.17, 15) is 18.4 Å². The number of carbonyl (C=O) groups is 1. The van der Waals surface area contributed by atoms with Gasteiger partial charge in [-0.3, -0.25) is 5.21 Å². The van der Waals surface area contributed by atoms with Crippen molar-refractivity contribution in [2.24, 2.45) is 10.9 Å². The molecule has 10 heteroatoms. The van der Waals surface area contributed by atoms with Gasteiger partial charge in [-0.15, -0.1) is 6.58 Å². The Hall–Kier alpha value is -3.47. The van der Waals surface area contributed by atoms with Gasteiger partial charge < -0.3 is 10.2 Å². The van der Waals surface area contributed by atoms with Gasteiger partial charge in [-0.2, -0.15) is 5.06 Å². The van der Waals surface area contributed by atoms with Crippen LogP contribution in [0, 0.1) is 0 Å². The van der Waals surface area contributed by atoms with Crippen molar-refractivity contribution in [3.05, 3.63) is 73.1 Å². The number of benzene rings is 2. The molecule has 3 aromatic rings. The second kappa shape index (κ2) is 7.87. The molecule has 0 aliphatic carbocycles. The minimum absolute atomic E-state index is 0.0977. The van der Waals surface area contributed by atoms with Crippen LogP contribution in [-0.4, -0.2) is 29.7 Å². The smallest absolute Gasteiger partial charge is 0.339 e. The number of primary amides is 1. The van der Waals surface area contributed by atoms with Gasteiger partial charge in [0.2, 0.25) is 15.9 Å². The first-order valence-corrected chi connectivity index (χ1v) is 9.87. The van der Waals surface area contributed by atoms with Crippen LogP contribution < -0.4 is 10.9 Å². The molecule has 9 nitrogen and oxygen atoms in total. The van der Waals surface area contributed by atoms with E-state index in [1.165, 1.54) is 24.3 Å². The summed E-state index contributed by atoms with van der Waals surface area (Å²) in [6.07, 6.45) is 1.21. The van der Waals surface area contributed by atoms with Crippen molar-refractivity contribution in [3.8, 4) is 22.6 Å². The molecule has 3 rings (SSSR count). The molecule has 29 heavy (non-hydrogen) atoms. The van der Waals surface area contributed by atoms with E-state index >= 15 is 0 Å². The summed E-state index contributed by atoms with van der Waals surface area (Å²) in [4.78, 5) is 15.6. The number of oxazole rings is 1. The number of hydroxylamine groups is 2. The van der Waals surface area contributed by atoms with E-state index in [0.29, 0.717) is 11.3 Å². The Labute approximate surface area is 166 Å². The monoisotopic (exact) mass is 414 g/mol. The summed E-state index contributed by atoms with van der Waals surface area (Å²) < 4.78 is 29.9. The fourth-order valence-corrected chi connectivity index (χ4v) is 3.52. The lowest BCUT2D eigenvalue weighted by Gasteiger charge is -2.17. The number of hydrogen-bond donors (Lipinski definition) is 3. The SMILES string of the molecule is C=CC(c1nc(-c2ccccc2)c(-c2ccccc2S(N)(=O)=O)o1)N(O)C(N)=O. The van der Waals surface area contributed by atoms with Crippen molar-refractivity contribution in [3.63, 3.8) is 0 Å². The van der Waals surface area contributed by atoms with Gasteiger partial charge in [0.15, 0.2) is 11.8 Å². The fraction of sp³-hybridized carbons (Fsp3) is 0.0526. The summed E-state index contributed by atoms with van der Waals surface area (Å²) in [6.45, 7) is 3.56. The highest BCUT2D eigenvalue weighted by atomic mass is 32.2. The predicted octanol–water partition coefficient (Wildman–Crippen LogP) is 2.65. The molecule has 150 valence electrons. The number of urea groups is 1. The number of nitrogens with zero attached hydrogens (tertiary/aromatic N) is 2. The van der Waals surface area contributed by atoms with Crippen LogP contribution >= 0.6 is 0 Å². The second-order valence-corrected chi connectivity index (χ2v) is 7.53. The maximum absolute atomic E-state index is 12.1. The summed E-state index contributed by atoms with van der Waals surface area (Å²) in [6, 6.07) is 12.5. The molecule has 1 heterocycles. The van der Waals surface area contributed by atoms with Gasteiger partial charge in [-0.1, -0.05) is 48.5 Å².